The molecule has 0 bridgehead atoms. The van der Waals surface area contributed by atoms with Crippen molar-refractivity contribution in [1.82, 2.24) is 9.80 Å². The molecule has 0 unspecified atom stereocenters. The van der Waals surface area contributed by atoms with Crippen molar-refractivity contribution < 1.29 is 18.7 Å². The molecule has 2 aliphatic rings. The molecule has 0 N–H and O–H groups in total. The number of hydrogen-bond donors (Lipinski definition) is 0. The second-order valence-corrected chi connectivity index (χ2v) is 7.76. The van der Waals surface area contributed by atoms with E-state index in [2.05, 4.69) is 4.90 Å². The number of rotatable bonds is 4. The average molecular weight is 384 g/mol. The number of piperidine rings is 1. The van der Waals surface area contributed by atoms with Crippen LogP contribution >= 0.6 is 0 Å². The molecule has 0 radical (unpaired) electrons. The lowest BCUT2D eigenvalue weighted by molar-refractivity contribution is -0.0875. The standard InChI is InChI=1S/C22H28N2O4/c1-18-7-8-20(28-18)15-23-11-9-22(10-12-23)17-26-14-13-24(22)21(25)27-16-19-5-3-2-4-6-19/h2-8H,9-17H2,1H3. The normalized spacial score (nSPS) is 19.7. The molecule has 0 aliphatic carbocycles. The Bertz CT molecular complexity index is 781. The molecule has 0 saturated carbocycles. The number of ether oxygens (including phenoxy) is 2. The molecule has 6 heteroatoms. The first-order chi connectivity index (χ1) is 13.6. The zero-order chi connectivity index (χ0) is 19.4. The van der Waals surface area contributed by atoms with Gasteiger partial charge in [0.15, 0.2) is 0 Å². The first-order valence-corrected chi connectivity index (χ1v) is 9.98. The summed E-state index contributed by atoms with van der Waals surface area (Å²) in [5, 5.41) is 0. The zero-order valence-corrected chi connectivity index (χ0v) is 16.4. The number of likely N-dealkylation sites (tertiary alicyclic amines) is 1. The second kappa shape index (κ2) is 8.37. The number of carbonyl (C=O) groups excluding carboxylic acids is 1. The summed E-state index contributed by atoms with van der Waals surface area (Å²) in [6, 6.07) is 13.8. The van der Waals surface area contributed by atoms with Crippen molar-refractivity contribution in [2.75, 3.05) is 32.8 Å². The number of nitrogens with zero attached hydrogens (tertiary/aromatic N) is 2. The summed E-state index contributed by atoms with van der Waals surface area (Å²) in [7, 11) is 0. The monoisotopic (exact) mass is 384 g/mol. The maximum atomic E-state index is 12.8. The van der Waals surface area contributed by atoms with Gasteiger partial charge in [-0.1, -0.05) is 30.3 Å². The third kappa shape index (κ3) is 4.23. The van der Waals surface area contributed by atoms with Gasteiger partial charge in [-0.25, -0.2) is 4.79 Å². The van der Waals surface area contributed by atoms with Gasteiger partial charge >= 0.3 is 6.09 Å². The molecule has 4 rings (SSSR count). The first kappa shape index (κ1) is 19.0. The van der Waals surface area contributed by atoms with Crippen molar-refractivity contribution in [3.8, 4) is 0 Å². The van der Waals surface area contributed by atoms with Gasteiger partial charge in [0.2, 0.25) is 0 Å². The summed E-state index contributed by atoms with van der Waals surface area (Å²) >= 11 is 0. The lowest BCUT2D eigenvalue weighted by Gasteiger charge is -2.50. The van der Waals surface area contributed by atoms with E-state index >= 15 is 0 Å². The summed E-state index contributed by atoms with van der Waals surface area (Å²) in [6.45, 7) is 6.63. The van der Waals surface area contributed by atoms with E-state index in [1.54, 1.807) is 0 Å². The molecular formula is C22H28N2O4. The number of carbonyl (C=O) groups is 1. The SMILES string of the molecule is Cc1ccc(CN2CCC3(CC2)COCCN3C(=O)OCc2ccccc2)o1. The second-order valence-electron chi connectivity index (χ2n) is 7.76. The largest absolute Gasteiger partial charge is 0.465 e. The maximum absolute atomic E-state index is 12.8. The molecule has 1 amide bonds. The van der Waals surface area contributed by atoms with Crippen LogP contribution in [0.25, 0.3) is 0 Å². The Kier molecular flexibility index (Phi) is 5.69. The van der Waals surface area contributed by atoms with E-state index in [0.717, 1.165) is 49.6 Å². The van der Waals surface area contributed by atoms with E-state index in [9.17, 15) is 4.79 Å². The number of morpholine rings is 1. The minimum Gasteiger partial charge on any atom is -0.465 e. The minimum absolute atomic E-state index is 0.234. The number of amides is 1. The Hall–Kier alpha value is -2.31. The highest BCUT2D eigenvalue weighted by Gasteiger charge is 2.45. The Morgan fingerprint density at radius 1 is 1.11 bits per heavy atom. The highest BCUT2D eigenvalue weighted by Crippen LogP contribution is 2.33. The van der Waals surface area contributed by atoms with Crippen LogP contribution in [0.4, 0.5) is 4.79 Å². The summed E-state index contributed by atoms with van der Waals surface area (Å²) in [5.74, 6) is 1.93. The molecule has 0 atom stereocenters. The van der Waals surface area contributed by atoms with E-state index in [4.69, 9.17) is 13.9 Å². The molecule has 6 nitrogen and oxygen atoms in total. The van der Waals surface area contributed by atoms with Crippen LogP contribution in [0.3, 0.4) is 0 Å². The fraction of sp³-hybridized carbons (Fsp3) is 0.500. The number of benzene rings is 1. The molecule has 1 aromatic heterocycles. The molecule has 2 saturated heterocycles. The van der Waals surface area contributed by atoms with Crippen molar-refractivity contribution in [2.24, 2.45) is 0 Å². The summed E-state index contributed by atoms with van der Waals surface area (Å²) in [4.78, 5) is 17.1. The predicted octanol–water partition coefficient (Wildman–Crippen LogP) is 3.59. The Morgan fingerprint density at radius 3 is 2.61 bits per heavy atom. The fourth-order valence-electron chi connectivity index (χ4n) is 4.15. The average Bonchev–Trinajstić information content (AvgIpc) is 3.14. The maximum Gasteiger partial charge on any atom is 0.410 e. The van der Waals surface area contributed by atoms with Crippen LogP contribution in [-0.4, -0.2) is 54.3 Å². The van der Waals surface area contributed by atoms with E-state index in [-0.39, 0.29) is 11.6 Å². The van der Waals surface area contributed by atoms with Gasteiger partial charge in [-0.2, -0.15) is 0 Å². The molecule has 3 heterocycles. The van der Waals surface area contributed by atoms with Gasteiger partial charge in [0.1, 0.15) is 18.1 Å². The van der Waals surface area contributed by atoms with Gasteiger partial charge in [-0.3, -0.25) is 9.80 Å². The third-order valence-corrected chi connectivity index (χ3v) is 5.79. The van der Waals surface area contributed by atoms with Gasteiger partial charge in [0.25, 0.3) is 0 Å². The minimum atomic E-state index is -0.262. The van der Waals surface area contributed by atoms with Crippen LogP contribution < -0.4 is 0 Å². The van der Waals surface area contributed by atoms with Gasteiger partial charge in [-0.15, -0.1) is 0 Å². The molecule has 1 aromatic carbocycles. The van der Waals surface area contributed by atoms with Gasteiger partial charge in [0.05, 0.1) is 25.3 Å². The van der Waals surface area contributed by atoms with E-state index in [1.165, 1.54) is 0 Å². The van der Waals surface area contributed by atoms with Crippen molar-refractivity contribution >= 4 is 6.09 Å². The fourth-order valence-corrected chi connectivity index (χ4v) is 4.15. The number of furan rings is 1. The van der Waals surface area contributed by atoms with Crippen LogP contribution in [0, 0.1) is 6.92 Å². The van der Waals surface area contributed by atoms with E-state index in [0.29, 0.717) is 26.4 Å². The molecular weight excluding hydrogens is 356 g/mol. The van der Waals surface area contributed by atoms with E-state index < -0.39 is 0 Å². The molecule has 1 spiro atoms. The van der Waals surface area contributed by atoms with Crippen LogP contribution in [0.5, 0.6) is 0 Å². The predicted molar refractivity (Wildman–Crippen MR) is 105 cm³/mol. The van der Waals surface area contributed by atoms with Gasteiger partial charge in [0, 0.05) is 19.6 Å². The van der Waals surface area contributed by atoms with Gasteiger partial charge < -0.3 is 13.9 Å². The molecule has 2 aliphatic heterocycles. The number of hydrogen-bond acceptors (Lipinski definition) is 5. The van der Waals surface area contributed by atoms with Crippen molar-refractivity contribution in [3.63, 3.8) is 0 Å². The highest BCUT2D eigenvalue weighted by atomic mass is 16.6. The van der Waals surface area contributed by atoms with Crippen LogP contribution in [0.15, 0.2) is 46.9 Å². The summed E-state index contributed by atoms with van der Waals surface area (Å²) < 4.78 is 17.1. The topological polar surface area (TPSA) is 55.2 Å². The summed E-state index contributed by atoms with van der Waals surface area (Å²) in [5.41, 5.74) is 0.739. The Morgan fingerprint density at radius 2 is 1.89 bits per heavy atom. The van der Waals surface area contributed by atoms with Crippen LogP contribution in [0.2, 0.25) is 0 Å². The van der Waals surface area contributed by atoms with Crippen molar-refractivity contribution in [1.29, 1.82) is 0 Å². The van der Waals surface area contributed by atoms with Crippen LogP contribution in [0.1, 0.15) is 29.9 Å². The first-order valence-electron chi connectivity index (χ1n) is 9.98. The lowest BCUT2D eigenvalue weighted by Crippen LogP contribution is -2.63. The zero-order valence-electron chi connectivity index (χ0n) is 16.4. The van der Waals surface area contributed by atoms with Crippen molar-refractivity contribution in [3.05, 3.63) is 59.5 Å². The smallest absolute Gasteiger partial charge is 0.410 e. The third-order valence-electron chi connectivity index (χ3n) is 5.79. The van der Waals surface area contributed by atoms with E-state index in [1.807, 2.05) is 54.3 Å². The molecule has 28 heavy (non-hydrogen) atoms. The highest BCUT2D eigenvalue weighted by molar-refractivity contribution is 5.69. The quantitative estimate of drug-likeness (QED) is 0.806. The van der Waals surface area contributed by atoms with Gasteiger partial charge in [-0.05, 0) is 37.5 Å². The summed E-state index contributed by atoms with van der Waals surface area (Å²) in [6.07, 6.45) is 1.53. The Labute approximate surface area is 166 Å². The lowest BCUT2D eigenvalue weighted by atomic mass is 9.85. The van der Waals surface area contributed by atoms with Crippen LogP contribution in [-0.2, 0) is 22.6 Å². The molecule has 150 valence electrons. The van der Waals surface area contributed by atoms with Crippen molar-refractivity contribution in [2.45, 2.75) is 38.5 Å². The Balaban J connectivity index is 1.36. The molecule has 2 aromatic rings. The number of aryl methyl sites for hydroxylation is 1. The molecule has 2 fully saturated rings.